The standard InChI is InChI=1S/C18H18ClN3O5/c1-17(15(24)25)7-2-8-18(10-17,16(26)27)22-13(9-23)20-14(21-22)11-3-5-12(19)6-4-11/h3-6,9H,2,7-8,10H2,1H3,(H,24,25)(H,26,27). The van der Waals surface area contributed by atoms with E-state index in [1.54, 1.807) is 24.3 Å². The number of aromatic nitrogens is 3. The van der Waals surface area contributed by atoms with Crippen molar-refractivity contribution in [2.75, 3.05) is 0 Å². The Hall–Kier alpha value is -2.74. The van der Waals surface area contributed by atoms with Crippen LogP contribution in [-0.2, 0) is 15.1 Å². The molecule has 0 aliphatic heterocycles. The molecule has 142 valence electrons. The summed E-state index contributed by atoms with van der Waals surface area (Å²) in [5, 5.41) is 24.3. The summed E-state index contributed by atoms with van der Waals surface area (Å²) in [6.45, 7) is 1.52. The van der Waals surface area contributed by atoms with Crippen LogP contribution >= 0.6 is 11.6 Å². The number of nitrogens with zero attached hydrogens (tertiary/aromatic N) is 3. The maximum absolute atomic E-state index is 12.2. The van der Waals surface area contributed by atoms with Gasteiger partial charge in [-0.2, -0.15) is 0 Å². The molecule has 1 aromatic heterocycles. The van der Waals surface area contributed by atoms with Gasteiger partial charge in [-0.25, -0.2) is 14.5 Å². The molecule has 9 heteroatoms. The first-order valence-electron chi connectivity index (χ1n) is 8.37. The highest BCUT2D eigenvalue weighted by molar-refractivity contribution is 6.30. The van der Waals surface area contributed by atoms with E-state index in [0.717, 1.165) is 4.68 Å². The van der Waals surface area contributed by atoms with Crippen molar-refractivity contribution in [3.8, 4) is 11.4 Å². The second-order valence-electron chi connectivity index (χ2n) is 7.06. The van der Waals surface area contributed by atoms with Crippen molar-refractivity contribution in [2.45, 2.75) is 38.1 Å². The molecule has 8 nitrogen and oxygen atoms in total. The highest BCUT2D eigenvalue weighted by Gasteiger charge is 2.53. The fourth-order valence-corrected chi connectivity index (χ4v) is 3.79. The zero-order chi connectivity index (χ0) is 19.8. The van der Waals surface area contributed by atoms with Gasteiger partial charge in [0.25, 0.3) is 0 Å². The van der Waals surface area contributed by atoms with E-state index in [1.807, 2.05) is 0 Å². The summed E-state index contributed by atoms with van der Waals surface area (Å²) in [6, 6.07) is 6.58. The Balaban J connectivity index is 2.14. The molecule has 0 amide bonds. The highest BCUT2D eigenvalue weighted by atomic mass is 35.5. The van der Waals surface area contributed by atoms with Crippen LogP contribution in [0, 0.1) is 5.41 Å². The minimum atomic E-state index is -1.65. The topological polar surface area (TPSA) is 122 Å². The molecule has 1 heterocycles. The van der Waals surface area contributed by atoms with Crippen LogP contribution in [0.4, 0.5) is 0 Å². The van der Waals surface area contributed by atoms with E-state index < -0.39 is 22.9 Å². The number of aliphatic carboxylic acids is 2. The maximum atomic E-state index is 12.2. The van der Waals surface area contributed by atoms with Gasteiger partial charge in [0.2, 0.25) is 0 Å². The number of carboxylic acids is 2. The highest BCUT2D eigenvalue weighted by Crippen LogP contribution is 2.46. The van der Waals surface area contributed by atoms with E-state index in [2.05, 4.69) is 10.1 Å². The number of hydrogen-bond donors (Lipinski definition) is 2. The molecule has 1 aliphatic rings. The zero-order valence-corrected chi connectivity index (χ0v) is 15.3. The van der Waals surface area contributed by atoms with Crippen LogP contribution < -0.4 is 0 Å². The van der Waals surface area contributed by atoms with Crippen LogP contribution in [0.3, 0.4) is 0 Å². The maximum Gasteiger partial charge on any atom is 0.331 e. The average molecular weight is 392 g/mol. The quantitative estimate of drug-likeness (QED) is 0.751. The molecule has 0 bridgehead atoms. The van der Waals surface area contributed by atoms with E-state index in [4.69, 9.17) is 11.6 Å². The Morgan fingerprint density at radius 2 is 1.85 bits per heavy atom. The molecule has 1 aromatic carbocycles. The predicted octanol–water partition coefficient (Wildman–Crippen LogP) is 2.86. The van der Waals surface area contributed by atoms with Crippen LogP contribution in [0.5, 0.6) is 0 Å². The number of carbonyl (C=O) groups is 3. The van der Waals surface area contributed by atoms with Crippen LogP contribution in [-0.4, -0.2) is 43.2 Å². The van der Waals surface area contributed by atoms with Crippen molar-refractivity contribution in [2.24, 2.45) is 5.41 Å². The molecule has 2 N–H and O–H groups in total. The lowest BCUT2D eigenvalue weighted by atomic mass is 9.67. The first-order valence-corrected chi connectivity index (χ1v) is 8.75. The summed E-state index contributed by atoms with van der Waals surface area (Å²) in [5.41, 5.74) is -2.32. The van der Waals surface area contributed by atoms with Gasteiger partial charge in [-0.15, -0.1) is 5.10 Å². The van der Waals surface area contributed by atoms with Crippen molar-refractivity contribution in [3.63, 3.8) is 0 Å². The monoisotopic (exact) mass is 391 g/mol. The summed E-state index contributed by atoms with van der Waals surface area (Å²) < 4.78 is 1.08. The number of rotatable bonds is 5. The molecule has 2 aromatic rings. The lowest BCUT2D eigenvalue weighted by Gasteiger charge is -2.41. The van der Waals surface area contributed by atoms with Gasteiger partial charge in [0.1, 0.15) is 0 Å². The number of benzene rings is 1. The molecule has 0 saturated heterocycles. The van der Waals surface area contributed by atoms with Crippen LogP contribution in [0.15, 0.2) is 24.3 Å². The van der Waals surface area contributed by atoms with Crippen LogP contribution in [0.25, 0.3) is 11.4 Å². The largest absolute Gasteiger partial charge is 0.481 e. The molecule has 0 radical (unpaired) electrons. The molecule has 1 fully saturated rings. The molecule has 0 spiro atoms. The van der Waals surface area contributed by atoms with Crippen molar-refractivity contribution in [3.05, 3.63) is 35.1 Å². The zero-order valence-electron chi connectivity index (χ0n) is 14.6. The van der Waals surface area contributed by atoms with Gasteiger partial charge in [0, 0.05) is 10.6 Å². The molecular weight excluding hydrogens is 374 g/mol. The summed E-state index contributed by atoms with van der Waals surface area (Å²) in [4.78, 5) is 39.7. The van der Waals surface area contributed by atoms with Crippen LogP contribution in [0.1, 0.15) is 43.2 Å². The summed E-state index contributed by atoms with van der Waals surface area (Å²) in [7, 11) is 0. The van der Waals surface area contributed by atoms with E-state index in [0.29, 0.717) is 29.7 Å². The molecule has 2 atom stereocenters. The van der Waals surface area contributed by atoms with Crippen molar-refractivity contribution in [1.82, 2.24) is 14.8 Å². The van der Waals surface area contributed by atoms with Gasteiger partial charge in [0.05, 0.1) is 5.41 Å². The molecule has 27 heavy (non-hydrogen) atoms. The fraction of sp³-hybridized carbons (Fsp3) is 0.389. The number of carboxylic acid groups (broad SMARTS) is 2. The Morgan fingerprint density at radius 1 is 1.19 bits per heavy atom. The number of hydrogen-bond acceptors (Lipinski definition) is 5. The van der Waals surface area contributed by atoms with E-state index in [-0.39, 0.29) is 24.5 Å². The van der Waals surface area contributed by atoms with Gasteiger partial charge in [-0.05, 0) is 56.9 Å². The Labute approximate surface area is 159 Å². The Bertz CT molecular complexity index is 910. The molecular formula is C18H18ClN3O5. The second-order valence-corrected chi connectivity index (χ2v) is 7.50. The second kappa shape index (κ2) is 6.77. The third-order valence-corrected chi connectivity index (χ3v) is 5.41. The molecule has 3 rings (SSSR count). The van der Waals surface area contributed by atoms with E-state index in [1.165, 1.54) is 6.92 Å². The lowest BCUT2D eigenvalue weighted by molar-refractivity contribution is -0.161. The minimum absolute atomic E-state index is 0.156. The van der Waals surface area contributed by atoms with Gasteiger partial charge in [-0.1, -0.05) is 11.6 Å². The van der Waals surface area contributed by atoms with E-state index in [9.17, 15) is 24.6 Å². The van der Waals surface area contributed by atoms with Crippen molar-refractivity contribution >= 4 is 29.8 Å². The predicted molar refractivity (Wildman–Crippen MR) is 95.7 cm³/mol. The fourth-order valence-electron chi connectivity index (χ4n) is 3.67. The lowest BCUT2D eigenvalue weighted by Crippen LogP contribution is -2.51. The average Bonchev–Trinajstić information content (AvgIpc) is 3.07. The van der Waals surface area contributed by atoms with Gasteiger partial charge >= 0.3 is 11.9 Å². The van der Waals surface area contributed by atoms with Gasteiger partial charge in [0.15, 0.2) is 23.5 Å². The normalized spacial score (nSPS) is 25.1. The first-order chi connectivity index (χ1) is 12.7. The Kier molecular flexibility index (Phi) is 4.77. The SMILES string of the molecule is CC1(C(=O)O)CCCC(C(=O)O)(n2nc(-c3ccc(Cl)cc3)nc2C=O)C1. The number of aldehydes is 1. The van der Waals surface area contributed by atoms with Crippen LogP contribution in [0.2, 0.25) is 5.02 Å². The first kappa shape index (κ1) is 19.0. The van der Waals surface area contributed by atoms with E-state index >= 15 is 0 Å². The summed E-state index contributed by atoms with van der Waals surface area (Å²) >= 11 is 5.87. The summed E-state index contributed by atoms with van der Waals surface area (Å²) in [6.07, 6.45) is 1.14. The van der Waals surface area contributed by atoms with Gasteiger partial charge in [-0.3, -0.25) is 9.59 Å². The Morgan fingerprint density at radius 3 is 2.41 bits per heavy atom. The smallest absolute Gasteiger partial charge is 0.331 e. The molecule has 1 saturated carbocycles. The summed E-state index contributed by atoms with van der Waals surface area (Å²) in [5.74, 6) is -2.28. The molecule has 1 aliphatic carbocycles. The molecule has 2 unspecified atom stereocenters. The number of carbonyl (C=O) groups excluding carboxylic acids is 1. The number of halogens is 1. The van der Waals surface area contributed by atoms with Gasteiger partial charge < -0.3 is 10.2 Å². The minimum Gasteiger partial charge on any atom is -0.481 e. The van der Waals surface area contributed by atoms with Crippen molar-refractivity contribution < 1.29 is 24.6 Å². The third kappa shape index (κ3) is 3.21. The third-order valence-electron chi connectivity index (χ3n) is 5.16. The van der Waals surface area contributed by atoms with Crippen molar-refractivity contribution in [1.29, 1.82) is 0 Å².